The van der Waals surface area contributed by atoms with Crippen LogP contribution in [0.2, 0.25) is 0 Å². The summed E-state index contributed by atoms with van der Waals surface area (Å²) in [5.74, 6) is 0.195. The minimum absolute atomic E-state index is 0.175. The fourth-order valence-corrected chi connectivity index (χ4v) is 3.61. The van der Waals surface area contributed by atoms with Crippen LogP contribution >= 0.6 is 0 Å². The number of amides is 1. The largest absolute Gasteiger partial charge is 0.393 e. The summed E-state index contributed by atoms with van der Waals surface area (Å²) in [6.07, 6.45) is 6.16. The third-order valence-electron chi connectivity index (χ3n) is 5.10. The summed E-state index contributed by atoms with van der Waals surface area (Å²) >= 11 is 0. The van der Waals surface area contributed by atoms with Crippen molar-refractivity contribution in [1.82, 2.24) is 4.90 Å². The summed E-state index contributed by atoms with van der Waals surface area (Å²) in [7, 11) is 0. The Labute approximate surface area is 144 Å². The number of carbonyl (C=O) groups excluding carboxylic acids is 1. The van der Waals surface area contributed by atoms with Crippen LogP contribution in [0.5, 0.6) is 0 Å². The van der Waals surface area contributed by atoms with E-state index in [1.165, 1.54) is 12.8 Å². The number of piperidine rings is 1. The Hall–Kier alpha value is -1.75. The van der Waals surface area contributed by atoms with Gasteiger partial charge in [-0.05, 0) is 37.8 Å². The Kier molecular flexibility index (Phi) is 5.96. The average molecular weight is 331 g/mol. The molecule has 2 N–H and O–H groups in total. The number of rotatable bonds is 4. The normalized spacial score (nSPS) is 19.9. The van der Waals surface area contributed by atoms with Gasteiger partial charge in [0.05, 0.1) is 24.0 Å². The molecular formula is C19H29N3O2. The second-order valence-corrected chi connectivity index (χ2v) is 6.88. The molecule has 2 fully saturated rings. The molecule has 2 heterocycles. The molecule has 1 amide bonds. The fraction of sp³-hybridized carbons (Fsp3) is 0.632. The monoisotopic (exact) mass is 331 g/mol. The van der Waals surface area contributed by atoms with Crippen molar-refractivity contribution in [1.29, 1.82) is 0 Å². The van der Waals surface area contributed by atoms with E-state index in [0.29, 0.717) is 6.54 Å². The van der Waals surface area contributed by atoms with Gasteiger partial charge in [0.25, 0.3) is 0 Å². The zero-order valence-corrected chi connectivity index (χ0v) is 14.4. The molecule has 2 aliphatic rings. The van der Waals surface area contributed by atoms with Gasteiger partial charge in [0.1, 0.15) is 0 Å². The summed E-state index contributed by atoms with van der Waals surface area (Å²) in [5, 5.41) is 13.0. The number of benzene rings is 1. The standard InChI is InChI=1S/C19H29N3O2/c23-16-9-13-21(14-10-16)18-8-4-3-7-17(18)20-15-19(24)22-11-5-1-2-6-12-22/h3-4,7-8,16,20,23H,1-2,5-6,9-15H2. The zero-order chi connectivity index (χ0) is 16.8. The molecule has 0 radical (unpaired) electrons. The first-order valence-electron chi connectivity index (χ1n) is 9.28. The molecule has 0 spiro atoms. The molecule has 2 saturated heterocycles. The van der Waals surface area contributed by atoms with E-state index in [1.807, 2.05) is 23.1 Å². The third kappa shape index (κ3) is 4.41. The number of para-hydroxylation sites is 2. The maximum atomic E-state index is 12.5. The van der Waals surface area contributed by atoms with E-state index in [2.05, 4.69) is 16.3 Å². The first kappa shape index (κ1) is 17.1. The van der Waals surface area contributed by atoms with Crippen LogP contribution in [0.3, 0.4) is 0 Å². The van der Waals surface area contributed by atoms with Crippen LogP contribution in [0.1, 0.15) is 38.5 Å². The van der Waals surface area contributed by atoms with E-state index in [9.17, 15) is 9.90 Å². The molecule has 0 atom stereocenters. The Balaban J connectivity index is 1.59. The van der Waals surface area contributed by atoms with Gasteiger partial charge < -0.3 is 20.2 Å². The first-order chi connectivity index (χ1) is 11.7. The van der Waals surface area contributed by atoms with E-state index in [1.54, 1.807) is 0 Å². The molecule has 24 heavy (non-hydrogen) atoms. The molecule has 5 heteroatoms. The highest BCUT2D eigenvalue weighted by Gasteiger charge is 2.20. The van der Waals surface area contributed by atoms with Crippen LogP contribution in [-0.2, 0) is 4.79 Å². The van der Waals surface area contributed by atoms with Gasteiger partial charge in [-0.15, -0.1) is 0 Å². The minimum atomic E-state index is -0.175. The predicted molar refractivity (Wildman–Crippen MR) is 97.4 cm³/mol. The quantitative estimate of drug-likeness (QED) is 0.890. The second-order valence-electron chi connectivity index (χ2n) is 6.88. The van der Waals surface area contributed by atoms with Crippen molar-refractivity contribution in [2.75, 3.05) is 42.9 Å². The van der Waals surface area contributed by atoms with Gasteiger partial charge in [0.15, 0.2) is 0 Å². The SMILES string of the molecule is O=C(CNc1ccccc1N1CCC(O)CC1)N1CCCCCC1. The van der Waals surface area contributed by atoms with Gasteiger partial charge in [-0.3, -0.25) is 4.79 Å². The lowest BCUT2D eigenvalue weighted by molar-refractivity contribution is -0.129. The molecule has 3 rings (SSSR count). The van der Waals surface area contributed by atoms with Crippen molar-refractivity contribution in [3.63, 3.8) is 0 Å². The van der Waals surface area contributed by atoms with Crippen LogP contribution in [0.4, 0.5) is 11.4 Å². The molecule has 2 aliphatic heterocycles. The van der Waals surface area contributed by atoms with Crippen LogP contribution in [0, 0.1) is 0 Å². The second kappa shape index (κ2) is 8.38. The predicted octanol–water partition coefficient (Wildman–Crippen LogP) is 2.46. The molecule has 0 aromatic heterocycles. The summed E-state index contributed by atoms with van der Waals surface area (Å²) < 4.78 is 0. The van der Waals surface area contributed by atoms with E-state index >= 15 is 0 Å². The molecule has 132 valence electrons. The highest BCUT2D eigenvalue weighted by atomic mass is 16.3. The molecule has 0 saturated carbocycles. The summed E-state index contributed by atoms with van der Waals surface area (Å²) in [5.41, 5.74) is 2.14. The molecule has 0 unspecified atom stereocenters. The summed E-state index contributed by atoms with van der Waals surface area (Å²) in [4.78, 5) is 16.8. The third-order valence-corrected chi connectivity index (χ3v) is 5.10. The number of hydrogen-bond acceptors (Lipinski definition) is 4. The summed E-state index contributed by atoms with van der Waals surface area (Å²) in [6.45, 7) is 3.87. The van der Waals surface area contributed by atoms with Crippen molar-refractivity contribution in [2.45, 2.75) is 44.6 Å². The van der Waals surface area contributed by atoms with Crippen LogP contribution < -0.4 is 10.2 Å². The Morgan fingerprint density at radius 2 is 1.71 bits per heavy atom. The van der Waals surface area contributed by atoms with Gasteiger partial charge in [-0.1, -0.05) is 25.0 Å². The van der Waals surface area contributed by atoms with Crippen molar-refractivity contribution in [2.24, 2.45) is 0 Å². The number of nitrogens with one attached hydrogen (secondary N) is 1. The van der Waals surface area contributed by atoms with Gasteiger partial charge in [0, 0.05) is 26.2 Å². The van der Waals surface area contributed by atoms with E-state index in [0.717, 1.165) is 63.2 Å². The number of likely N-dealkylation sites (tertiary alicyclic amines) is 1. The van der Waals surface area contributed by atoms with E-state index < -0.39 is 0 Å². The minimum Gasteiger partial charge on any atom is -0.393 e. The molecular weight excluding hydrogens is 302 g/mol. The Morgan fingerprint density at radius 1 is 1.04 bits per heavy atom. The molecule has 5 nitrogen and oxygen atoms in total. The number of aliphatic hydroxyl groups excluding tert-OH is 1. The number of hydrogen-bond donors (Lipinski definition) is 2. The maximum Gasteiger partial charge on any atom is 0.241 e. The van der Waals surface area contributed by atoms with Crippen molar-refractivity contribution in [3.05, 3.63) is 24.3 Å². The Morgan fingerprint density at radius 3 is 2.42 bits per heavy atom. The highest BCUT2D eigenvalue weighted by molar-refractivity contribution is 5.82. The summed E-state index contributed by atoms with van der Waals surface area (Å²) in [6, 6.07) is 8.16. The number of anilines is 2. The van der Waals surface area contributed by atoms with Crippen LogP contribution in [-0.4, -0.2) is 54.7 Å². The van der Waals surface area contributed by atoms with Gasteiger partial charge >= 0.3 is 0 Å². The maximum absolute atomic E-state index is 12.5. The first-order valence-corrected chi connectivity index (χ1v) is 9.28. The molecule has 1 aromatic carbocycles. The van der Waals surface area contributed by atoms with Crippen LogP contribution in [0.15, 0.2) is 24.3 Å². The number of nitrogens with zero attached hydrogens (tertiary/aromatic N) is 2. The molecule has 1 aromatic rings. The van der Waals surface area contributed by atoms with Gasteiger partial charge in [0.2, 0.25) is 5.91 Å². The van der Waals surface area contributed by atoms with Crippen molar-refractivity contribution in [3.8, 4) is 0 Å². The van der Waals surface area contributed by atoms with Crippen molar-refractivity contribution < 1.29 is 9.90 Å². The van der Waals surface area contributed by atoms with Gasteiger partial charge in [-0.25, -0.2) is 0 Å². The molecule has 0 aliphatic carbocycles. The fourth-order valence-electron chi connectivity index (χ4n) is 3.61. The lowest BCUT2D eigenvalue weighted by atomic mass is 10.1. The lowest BCUT2D eigenvalue weighted by Crippen LogP contribution is -2.37. The van der Waals surface area contributed by atoms with Crippen molar-refractivity contribution >= 4 is 17.3 Å². The molecule has 0 bridgehead atoms. The van der Waals surface area contributed by atoms with E-state index in [-0.39, 0.29) is 12.0 Å². The number of aliphatic hydroxyl groups is 1. The highest BCUT2D eigenvalue weighted by Crippen LogP contribution is 2.28. The zero-order valence-electron chi connectivity index (χ0n) is 14.4. The van der Waals surface area contributed by atoms with E-state index in [4.69, 9.17) is 0 Å². The van der Waals surface area contributed by atoms with Crippen LogP contribution in [0.25, 0.3) is 0 Å². The van der Waals surface area contributed by atoms with Gasteiger partial charge in [-0.2, -0.15) is 0 Å². The average Bonchev–Trinajstić information content (AvgIpc) is 2.90. The Bertz CT molecular complexity index is 533. The topological polar surface area (TPSA) is 55.8 Å². The smallest absolute Gasteiger partial charge is 0.241 e. The number of carbonyl (C=O) groups is 1. The lowest BCUT2D eigenvalue weighted by Gasteiger charge is -2.33.